The van der Waals surface area contributed by atoms with E-state index < -0.39 is 17.5 Å². The average molecular weight is 444 g/mol. The van der Waals surface area contributed by atoms with Gasteiger partial charge in [0.25, 0.3) is 0 Å². The van der Waals surface area contributed by atoms with Crippen LogP contribution in [0.5, 0.6) is 11.5 Å². The van der Waals surface area contributed by atoms with Crippen LogP contribution < -0.4 is 19.7 Å². The number of rotatable bonds is 7. The van der Waals surface area contributed by atoms with E-state index in [2.05, 4.69) is 5.32 Å². The van der Waals surface area contributed by atoms with Crippen molar-refractivity contribution in [3.63, 3.8) is 0 Å². The number of hydrogen-bond acceptors (Lipinski definition) is 4. The number of anilines is 2. The molecule has 1 saturated carbocycles. The third-order valence-corrected chi connectivity index (χ3v) is 5.96. The van der Waals surface area contributed by atoms with E-state index in [0.717, 1.165) is 31.7 Å². The lowest BCUT2D eigenvalue weighted by atomic mass is 10.0. The van der Waals surface area contributed by atoms with Crippen molar-refractivity contribution in [3.05, 3.63) is 48.0 Å². The molecule has 0 aromatic heterocycles. The number of hydrogen-bond donors (Lipinski definition) is 1. The summed E-state index contributed by atoms with van der Waals surface area (Å²) in [6.07, 6.45) is 4.65. The van der Waals surface area contributed by atoms with Crippen LogP contribution in [0.25, 0.3) is 0 Å². The maximum atomic E-state index is 13.8. The van der Waals surface area contributed by atoms with Crippen LogP contribution >= 0.6 is 0 Å². The van der Waals surface area contributed by atoms with E-state index >= 15 is 0 Å². The van der Waals surface area contributed by atoms with E-state index in [1.165, 1.54) is 12.1 Å². The number of carbonyl (C=O) groups is 2. The summed E-state index contributed by atoms with van der Waals surface area (Å²) in [6, 6.07) is 8.98. The van der Waals surface area contributed by atoms with Crippen molar-refractivity contribution >= 4 is 23.2 Å². The second-order valence-corrected chi connectivity index (χ2v) is 8.29. The van der Waals surface area contributed by atoms with Crippen molar-refractivity contribution in [2.24, 2.45) is 5.92 Å². The standard InChI is InChI=1S/C24H26F2N2O4/c1-31-20-10-9-16(13-21(20)32-17-5-2-3-6-17)28-14-15(12-23(28)30)11-22(29)27-19-8-4-7-18(25)24(19)26/h4,7-10,13,15,17H,2-3,5-6,11-12,14H2,1H3,(H,27,29)/t15-/m0/s1. The molecule has 1 heterocycles. The summed E-state index contributed by atoms with van der Waals surface area (Å²) in [4.78, 5) is 26.6. The number of amides is 2. The fourth-order valence-electron chi connectivity index (χ4n) is 4.34. The summed E-state index contributed by atoms with van der Waals surface area (Å²) in [6.45, 7) is 0.354. The molecule has 2 amide bonds. The Morgan fingerprint density at radius 1 is 1.16 bits per heavy atom. The van der Waals surface area contributed by atoms with Gasteiger partial charge in [-0.15, -0.1) is 0 Å². The smallest absolute Gasteiger partial charge is 0.227 e. The summed E-state index contributed by atoms with van der Waals surface area (Å²) in [5.74, 6) is -1.71. The van der Waals surface area contributed by atoms with Gasteiger partial charge in [-0.3, -0.25) is 9.59 Å². The molecule has 2 aromatic carbocycles. The minimum absolute atomic E-state index is 0.0276. The van der Waals surface area contributed by atoms with Gasteiger partial charge >= 0.3 is 0 Å². The monoisotopic (exact) mass is 444 g/mol. The zero-order valence-electron chi connectivity index (χ0n) is 17.9. The van der Waals surface area contributed by atoms with E-state index in [-0.39, 0.29) is 36.5 Å². The highest BCUT2D eigenvalue weighted by Crippen LogP contribution is 2.37. The lowest BCUT2D eigenvalue weighted by Gasteiger charge is -2.21. The van der Waals surface area contributed by atoms with Crippen LogP contribution in [0.1, 0.15) is 38.5 Å². The number of nitrogens with zero attached hydrogens (tertiary/aromatic N) is 1. The number of halogens is 2. The number of benzene rings is 2. The van der Waals surface area contributed by atoms with E-state index in [1.807, 2.05) is 0 Å². The fourth-order valence-corrected chi connectivity index (χ4v) is 4.34. The number of ether oxygens (including phenoxy) is 2. The molecule has 2 fully saturated rings. The van der Waals surface area contributed by atoms with Crippen LogP contribution in [0.15, 0.2) is 36.4 Å². The zero-order chi connectivity index (χ0) is 22.7. The number of methoxy groups -OCH3 is 1. The second kappa shape index (κ2) is 9.54. The van der Waals surface area contributed by atoms with Gasteiger partial charge in [-0.1, -0.05) is 6.07 Å². The average Bonchev–Trinajstić information content (AvgIpc) is 3.41. The van der Waals surface area contributed by atoms with Gasteiger partial charge in [-0.2, -0.15) is 0 Å². The van der Waals surface area contributed by atoms with Crippen LogP contribution in [0.4, 0.5) is 20.2 Å². The third-order valence-electron chi connectivity index (χ3n) is 5.96. The molecule has 0 unspecified atom stereocenters. The normalized spacial score (nSPS) is 18.8. The molecule has 0 bridgehead atoms. The predicted molar refractivity (Wildman–Crippen MR) is 116 cm³/mol. The van der Waals surface area contributed by atoms with Gasteiger partial charge in [0, 0.05) is 31.1 Å². The van der Waals surface area contributed by atoms with Gasteiger partial charge < -0.3 is 19.7 Å². The molecular formula is C24H26F2N2O4. The SMILES string of the molecule is COc1ccc(N2C[C@@H](CC(=O)Nc3cccc(F)c3F)CC2=O)cc1OC1CCCC1. The topological polar surface area (TPSA) is 67.9 Å². The summed E-state index contributed by atoms with van der Waals surface area (Å²) in [5, 5.41) is 2.39. The molecule has 0 spiro atoms. The second-order valence-electron chi connectivity index (χ2n) is 8.29. The highest BCUT2D eigenvalue weighted by Gasteiger charge is 2.33. The molecule has 8 heteroatoms. The van der Waals surface area contributed by atoms with Crippen molar-refractivity contribution in [2.45, 2.75) is 44.6 Å². The van der Waals surface area contributed by atoms with Gasteiger partial charge in [-0.05, 0) is 55.9 Å². The first-order valence-corrected chi connectivity index (χ1v) is 10.8. The minimum Gasteiger partial charge on any atom is -0.493 e. The molecule has 2 aromatic rings. The number of carbonyl (C=O) groups excluding carboxylic acids is 2. The maximum Gasteiger partial charge on any atom is 0.227 e. The molecule has 170 valence electrons. The Labute approximate surface area is 185 Å². The van der Waals surface area contributed by atoms with Gasteiger partial charge in [0.05, 0.1) is 18.9 Å². The Morgan fingerprint density at radius 3 is 2.69 bits per heavy atom. The van der Waals surface area contributed by atoms with Crippen LogP contribution in [0, 0.1) is 17.6 Å². The maximum absolute atomic E-state index is 13.8. The number of nitrogens with one attached hydrogen (secondary N) is 1. The molecule has 1 aliphatic carbocycles. The largest absolute Gasteiger partial charge is 0.493 e. The first kappa shape index (κ1) is 22.0. The Morgan fingerprint density at radius 2 is 1.94 bits per heavy atom. The van der Waals surface area contributed by atoms with E-state index in [4.69, 9.17) is 9.47 Å². The molecule has 1 N–H and O–H groups in total. The van der Waals surface area contributed by atoms with Crippen LogP contribution in [-0.4, -0.2) is 31.6 Å². The highest BCUT2D eigenvalue weighted by molar-refractivity contribution is 5.97. The highest BCUT2D eigenvalue weighted by atomic mass is 19.2. The zero-order valence-corrected chi connectivity index (χ0v) is 17.9. The summed E-state index contributed by atoms with van der Waals surface area (Å²) in [5.41, 5.74) is 0.475. The molecule has 0 radical (unpaired) electrons. The third kappa shape index (κ3) is 4.84. The van der Waals surface area contributed by atoms with Crippen molar-refractivity contribution in [2.75, 3.05) is 23.9 Å². The van der Waals surface area contributed by atoms with Crippen molar-refractivity contribution in [1.29, 1.82) is 0 Å². The first-order valence-electron chi connectivity index (χ1n) is 10.8. The lowest BCUT2D eigenvalue weighted by Crippen LogP contribution is -2.25. The van der Waals surface area contributed by atoms with Crippen LogP contribution in [0.3, 0.4) is 0 Å². The van der Waals surface area contributed by atoms with Gasteiger partial charge in [0.2, 0.25) is 11.8 Å². The summed E-state index contributed by atoms with van der Waals surface area (Å²) < 4.78 is 38.7. The Bertz CT molecular complexity index is 1010. The van der Waals surface area contributed by atoms with E-state index in [9.17, 15) is 18.4 Å². The molecule has 2 aliphatic rings. The van der Waals surface area contributed by atoms with Crippen LogP contribution in [0.2, 0.25) is 0 Å². The van der Waals surface area contributed by atoms with Crippen molar-refractivity contribution < 1.29 is 27.8 Å². The van der Waals surface area contributed by atoms with Crippen molar-refractivity contribution in [3.8, 4) is 11.5 Å². The molecule has 32 heavy (non-hydrogen) atoms. The predicted octanol–water partition coefficient (Wildman–Crippen LogP) is 4.68. The minimum atomic E-state index is -1.10. The summed E-state index contributed by atoms with van der Waals surface area (Å²) >= 11 is 0. The lowest BCUT2D eigenvalue weighted by molar-refractivity contribution is -0.117. The molecule has 1 atom stereocenters. The van der Waals surface area contributed by atoms with E-state index in [0.29, 0.717) is 23.7 Å². The van der Waals surface area contributed by atoms with Gasteiger partial charge in [0.1, 0.15) is 0 Å². The van der Waals surface area contributed by atoms with Crippen molar-refractivity contribution in [1.82, 2.24) is 0 Å². The Hall–Kier alpha value is -3.16. The van der Waals surface area contributed by atoms with Crippen LogP contribution in [-0.2, 0) is 9.59 Å². The molecule has 1 aliphatic heterocycles. The summed E-state index contributed by atoms with van der Waals surface area (Å²) in [7, 11) is 1.58. The van der Waals surface area contributed by atoms with E-state index in [1.54, 1.807) is 30.2 Å². The van der Waals surface area contributed by atoms with Gasteiger partial charge in [0.15, 0.2) is 23.1 Å². The molecule has 6 nitrogen and oxygen atoms in total. The Kier molecular flexibility index (Phi) is 6.58. The Balaban J connectivity index is 1.41. The molecular weight excluding hydrogens is 418 g/mol. The molecule has 1 saturated heterocycles. The van der Waals surface area contributed by atoms with Gasteiger partial charge in [-0.25, -0.2) is 8.78 Å². The quantitative estimate of drug-likeness (QED) is 0.674. The fraction of sp³-hybridized carbons (Fsp3) is 0.417. The molecule has 4 rings (SSSR count). The first-order chi connectivity index (χ1) is 15.4.